The van der Waals surface area contributed by atoms with Crippen molar-refractivity contribution in [2.45, 2.75) is 31.7 Å². The third-order valence-corrected chi connectivity index (χ3v) is 9.60. The molecule has 1 atom stereocenters. The van der Waals surface area contributed by atoms with Crippen LogP contribution in [0.1, 0.15) is 52.0 Å². The summed E-state index contributed by atoms with van der Waals surface area (Å²) in [5, 5.41) is 3.63. The number of hydrogen-bond acceptors (Lipinski definition) is 8. The molecule has 3 aromatic rings. The average Bonchev–Trinajstić information content (AvgIpc) is 3.52. The standard InChI is InChI=1S/C36H39Cl2N5O5/c1-47-32-20-28-31(39-22-25-7-6-13-43(25)36(28)46)21-33(32)48-18-5-4-12-41-14-16-42(17-15-41)23-34(44)40-30-11-10-24(37)19-27(30)35(45)26-8-2-3-9-29(26)38/h2-3,8-11,19-22,25H,4-7,12-18,23H2,1H3,(H,40,44). The zero-order chi connectivity index (χ0) is 33.6. The summed E-state index contributed by atoms with van der Waals surface area (Å²) in [5.41, 5.74) is 2.22. The van der Waals surface area contributed by atoms with Crippen LogP contribution < -0.4 is 14.8 Å². The molecule has 1 N–H and O–H groups in total. The highest BCUT2D eigenvalue weighted by Gasteiger charge is 2.32. The number of methoxy groups -OCH3 is 1. The summed E-state index contributed by atoms with van der Waals surface area (Å²) < 4.78 is 11.7. The van der Waals surface area contributed by atoms with Crippen LogP contribution in [0.4, 0.5) is 11.4 Å². The van der Waals surface area contributed by atoms with E-state index < -0.39 is 0 Å². The third kappa shape index (κ3) is 7.84. The number of nitrogens with zero attached hydrogens (tertiary/aromatic N) is 4. The predicted molar refractivity (Wildman–Crippen MR) is 188 cm³/mol. The summed E-state index contributed by atoms with van der Waals surface area (Å²) in [6.45, 7) is 5.66. The van der Waals surface area contributed by atoms with E-state index in [4.69, 9.17) is 32.7 Å². The molecule has 0 spiro atoms. The van der Waals surface area contributed by atoms with Crippen LogP contribution in [0.15, 0.2) is 59.6 Å². The van der Waals surface area contributed by atoms with Crippen LogP contribution in [0, 0.1) is 0 Å². The van der Waals surface area contributed by atoms with E-state index in [9.17, 15) is 14.4 Å². The molecule has 6 rings (SSSR count). The lowest BCUT2D eigenvalue weighted by molar-refractivity contribution is -0.117. The molecule has 2 amide bonds. The van der Waals surface area contributed by atoms with Crippen LogP contribution in [-0.4, -0.2) is 104 Å². The molecular formula is C36H39Cl2N5O5. The molecule has 2 saturated heterocycles. The SMILES string of the molecule is COc1cc2c(cc1OCCCCN1CCN(CC(=O)Nc3ccc(Cl)cc3C(=O)c3ccccc3Cl)CC1)N=CC1CCCN1C2=O. The van der Waals surface area contributed by atoms with Gasteiger partial charge in [0.05, 0.1) is 48.3 Å². The van der Waals surface area contributed by atoms with Gasteiger partial charge in [0.1, 0.15) is 0 Å². The van der Waals surface area contributed by atoms with Crippen molar-refractivity contribution in [3.05, 3.63) is 81.3 Å². The van der Waals surface area contributed by atoms with Gasteiger partial charge in [-0.25, -0.2) is 0 Å². The lowest BCUT2D eigenvalue weighted by atomic mass is 10.0. The van der Waals surface area contributed by atoms with Crippen molar-refractivity contribution in [2.75, 3.05) is 64.8 Å². The number of halogens is 2. The second-order valence-corrected chi connectivity index (χ2v) is 13.1. The molecule has 48 heavy (non-hydrogen) atoms. The number of aliphatic imine (C=N–C) groups is 1. The molecule has 12 heteroatoms. The number of anilines is 1. The summed E-state index contributed by atoms with van der Waals surface area (Å²) in [4.78, 5) is 50.3. The van der Waals surface area contributed by atoms with E-state index in [0.717, 1.165) is 65.0 Å². The summed E-state index contributed by atoms with van der Waals surface area (Å²) in [7, 11) is 1.58. The van der Waals surface area contributed by atoms with Gasteiger partial charge in [-0.3, -0.25) is 24.3 Å². The molecule has 0 aromatic heterocycles. The molecule has 0 saturated carbocycles. The van der Waals surface area contributed by atoms with Gasteiger partial charge in [-0.1, -0.05) is 35.3 Å². The van der Waals surface area contributed by atoms with E-state index in [1.54, 1.807) is 55.6 Å². The van der Waals surface area contributed by atoms with Crippen molar-refractivity contribution in [3.8, 4) is 11.5 Å². The van der Waals surface area contributed by atoms with Gasteiger partial charge >= 0.3 is 0 Å². The Labute approximate surface area is 290 Å². The van der Waals surface area contributed by atoms with Crippen molar-refractivity contribution in [3.63, 3.8) is 0 Å². The van der Waals surface area contributed by atoms with Crippen LogP contribution in [0.2, 0.25) is 10.0 Å². The Morgan fingerprint density at radius 1 is 0.938 bits per heavy atom. The highest BCUT2D eigenvalue weighted by Crippen LogP contribution is 2.38. The number of hydrogen-bond donors (Lipinski definition) is 1. The largest absolute Gasteiger partial charge is 0.493 e. The fraction of sp³-hybridized carbons (Fsp3) is 0.389. The van der Waals surface area contributed by atoms with Crippen LogP contribution in [-0.2, 0) is 4.79 Å². The molecule has 0 bridgehead atoms. The normalized spacial score (nSPS) is 17.9. The quantitative estimate of drug-likeness (QED) is 0.184. The van der Waals surface area contributed by atoms with E-state index in [-0.39, 0.29) is 30.2 Å². The number of fused-ring (bicyclic) bond motifs is 2. The third-order valence-electron chi connectivity index (χ3n) is 9.04. The topological polar surface area (TPSA) is 104 Å². The number of ketones is 1. The molecule has 3 heterocycles. The predicted octanol–water partition coefficient (Wildman–Crippen LogP) is 5.97. The molecule has 1 unspecified atom stereocenters. The molecule has 3 aromatic carbocycles. The maximum Gasteiger partial charge on any atom is 0.256 e. The molecule has 0 aliphatic carbocycles. The number of carbonyl (C=O) groups is 3. The lowest BCUT2D eigenvalue weighted by Gasteiger charge is -2.34. The van der Waals surface area contributed by atoms with Gasteiger partial charge in [0.15, 0.2) is 17.3 Å². The van der Waals surface area contributed by atoms with Gasteiger partial charge in [0.25, 0.3) is 5.91 Å². The van der Waals surface area contributed by atoms with Crippen molar-refractivity contribution in [1.82, 2.24) is 14.7 Å². The first-order valence-corrected chi connectivity index (χ1v) is 17.1. The zero-order valence-corrected chi connectivity index (χ0v) is 28.4. The molecule has 252 valence electrons. The first-order valence-electron chi connectivity index (χ1n) is 16.3. The minimum atomic E-state index is -0.305. The van der Waals surface area contributed by atoms with E-state index in [2.05, 4.69) is 20.1 Å². The Balaban J connectivity index is 0.938. The first-order chi connectivity index (χ1) is 23.3. The van der Waals surface area contributed by atoms with Crippen LogP contribution >= 0.6 is 23.2 Å². The Hall–Kier alpha value is -3.96. The van der Waals surface area contributed by atoms with Gasteiger partial charge in [0, 0.05) is 61.2 Å². The van der Waals surface area contributed by atoms with E-state index in [0.29, 0.717) is 56.2 Å². The number of benzene rings is 3. The molecule has 3 aliphatic heterocycles. The Morgan fingerprint density at radius 2 is 1.73 bits per heavy atom. The first kappa shape index (κ1) is 33.9. The molecule has 2 fully saturated rings. The van der Waals surface area contributed by atoms with Crippen molar-refractivity contribution in [2.24, 2.45) is 4.99 Å². The van der Waals surface area contributed by atoms with Gasteiger partial charge < -0.3 is 24.6 Å². The fourth-order valence-electron chi connectivity index (χ4n) is 6.41. The lowest BCUT2D eigenvalue weighted by Crippen LogP contribution is -2.48. The smallest absolute Gasteiger partial charge is 0.256 e. The number of rotatable bonds is 12. The second kappa shape index (κ2) is 15.5. The number of carbonyl (C=O) groups excluding carboxylic acids is 3. The highest BCUT2D eigenvalue weighted by atomic mass is 35.5. The Bertz CT molecular complexity index is 1710. The Kier molecular flexibility index (Phi) is 11.0. The molecule has 3 aliphatic rings. The minimum Gasteiger partial charge on any atom is -0.493 e. The number of piperazine rings is 1. The highest BCUT2D eigenvalue weighted by molar-refractivity contribution is 6.36. The van der Waals surface area contributed by atoms with Crippen molar-refractivity contribution in [1.29, 1.82) is 0 Å². The molecular weight excluding hydrogens is 653 g/mol. The summed E-state index contributed by atoms with van der Waals surface area (Å²) in [5.74, 6) is 0.622. The summed E-state index contributed by atoms with van der Waals surface area (Å²) in [6.07, 6.45) is 5.62. The maximum atomic E-state index is 13.2. The van der Waals surface area contributed by atoms with Crippen LogP contribution in [0.3, 0.4) is 0 Å². The zero-order valence-electron chi connectivity index (χ0n) is 26.9. The van der Waals surface area contributed by atoms with E-state index >= 15 is 0 Å². The van der Waals surface area contributed by atoms with E-state index in [1.165, 1.54) is 0 Å². The molecule has 10 nitrogen and oxygen atoms in total. The minimum absolute atomic E-state index is 0.00709. The van der Waals surface area contributed by atoms with Crippen molar-refractivity contribution < 1.29 is 23.9 Å². The van der Waals surface area contributed by atoms with Gasteiger partial charge in [0.2, 0.25) is 5.91 Å². The number of nitrogens with one attached hydrogen (secondary N) is 1. The second-order valence-electron chi connectivity index (χ2n) is 12.2. The summed E-state index contributed by atoms with van der Waals surface area (Å²) >= 11 is 12.5. The van der Waals surface area contributed by atoms with Gasteiger partial charge in [-0.15, -0.1) is 0 Å². The maximum absolute atomic E-state index is 13.2. The van der Waals surface area contributed by atoms with Gasteiger partial charge in [-0.2, -0.15) is 0 Å². The van der Waals surface area contributed by atoms with E-state index in [1.807, 2.05) is 17.2 Å². The summed E-state index contributed by atoms with van der Waals surface area (Å²) in [6, 6.07) is 15.3. The number of unbranched alkanes of at least 4 members (excludes halogenated alkanes) is 1. The van der Waals surface area contributed by atoms with Crippen LogP contribution in [0.25, 0.3) is 0 Å². The van der Waals surface area contributed by atoms with Gasteiger partial charge in [-0.05, 0) is 68.6 Å². The van der Waals surface area contributed by atoms with Crippen molar-refractivity contribution >= 4 is 58.4 Å². The average molecular weight is 693 g/mol. The number of amides is 2. The Morgan fingerprint density at radius 3 is 2.52 bits per heavy atom. The fourth-order valence-corrected chi connectivity index (χ4v) is 6.80. The van der Waals surface area contributed by atoms with Crippen LogP contribution in [0.5, 0.6) is 11.5 Å². The monoisotopic (exact) mass is 691 g/mol. The number of ether oxygens (including phenoxy) is 2. The molecule has 0 radical (unpaired) electrons.